The molecule has 4 heteroatoms. The Labute approximate surface area is 113 Å². The van der Waals surface area contributed by atoms with Crippen LogP contribution in [-0.2, 0) is 0 Å². The Morgan fingerprint density at radius 2 is 2.17 bits per heavy atom. The maximum absolute atomic E-state index is 9.50. The molecule has 18 heavy (non-hydrogen) atoms. The van der Waals surface area contributed by atoms with Crippen molar-refractivity contribution in [1.82, 2.24) is 10.3 Å². The highest BCUT2D eigenvalue weighted by Crippen LogP contribution is 2.26. The van der Waals surface area contributed by atoms with Gasteiger partial charge in [-0.05, 0) is 50.5 Å². The Morgan fingerprint density at radius 1 is 1.44 bits per heavy atom. The van der Waals surface area contributed by atoms with Crippen molar-refractivity contribution in [2.75, 3.05) is 12.4 Å². The van der Waals surface area contributed by atoms with Crippen LogP contribution in [0, 0.1) is 0 Å². The molecule has 0 saturated heterocycles. The first kappa shape index (κ1) is 13.8. The number of rotatable bonds is 8. The molecule has 2 rings (SSSR count). The lowest BCUT2D eigenvalue weighted by molar-refractivity contribution is 0.163. The van der Waals surface area contributed by atoms with Gasteiger partial charge in [-0.1, -0.05) is 0 Å². The van der Waals surface area contributed by atoms with E-state index in [1.807, 2.05) is 36.3 Å². The van der Waals surface area contributed by atoms with Crippen LogP contribution in [0.4, 0.5) is 0 Å². The third-order valence-electron chi connectivity index (χ3n) is 3.27. The standard InChI is InChI=1S/C14H22N2OS/c1-14(11-17,16-12-3-4-12)7-2-10-18-13-5-8-15-9-6-13/h5-6,8-9,12,16-17H,2-4,7,10-11H2,1H3. The minimum Gasteiger partial charge on any atom is -0.394 e. The van der Waals surface area contributed by atoms with Gasteiger partial charge >= 0.3 is 0 Å². The second kappa shape index (κ2) is 6.55. The lowest BCUT2D eigenvalue weighted by Crippen LogP contribution is -2.46. The molecule has 1 aliphatic carbocycles. The highest BCUT2D eigenvalue weighted by atomic mass is 32.2. The van der Waals surface area contributed by atoms with Crippen LogP contribution in [0.25, 0.3) is 0 Å². The van der Waals surface area contributed by atoms with Crippen LogP contribution in [0.15, 0.2) is 29.4 Å². The summed E-state index contributed by atoms with van der Waals surface area (Å²) < 4.78 is 0. The van der Waals surface area contributed by atoms with Gasteiger partial charge in [-0.3, -0.25) is 4.98 Å². The molecule has 0 amide bonds. The molecule has 2 N–H and O–H groups in total. The summed E-state index contributed by atoms with van der Waals surface area (Å²) in [6, 6.07) is 4.73. The Balaban J connectivity index is 1.67. The summed E-state index contributed by atoms with van der Waals surface area (Å²) in [5.74, 6) is 1.09. The molecule has 1 saturated carbocycles. The van der Waals surface area contributed by atoms with E-state index in [1.54, 1.807) is 0 Å². The number of hydrogen-bond acceptors (Lipinski definition) is 4. The summed E-state index contributed by atoms with van der Waals surface area (Å²) in [4.78, 5) is 5.28. The topological polar surface area (TPSA) is 45.2 Å². The number of hydrogen-bond donors (Lipinski definition) is 2. The first-order valence-corrected chi connectivity index (χ1v) is 7.62. The molecule has 1 aromatic heterocycles. The minimum atomic E-state index is -0.0973. The van der Waals surface area contributed by atoms with Crippen molar-refractivity contribution >= 4 is 11.8 Å². The predicted molar refractivity (Wildman–Crippen MR) is 75.8 cm³/mol. The normalized spacial score (nSPS) is 18.6. The van der Waals surface area contributed by atoms with Gasteiger partial charge in [-0.15, -0.1) is 11.8 Å². The van der Waals surface area contributed by atoms with Crippen molar-refractivity contribution in [2.45, 2.75) is 49.1 Å². The molecular formula is C14H22N2OS. The van der Waals surface area contributed by atoms with Gasteiger partial charge in [0.15, 0.2) is 0 Å². The number of aromatic nitrogens is 1. The lowest BCUT2D eigenvalue weighted by atomic mass is 9.97. The fourth-order valence-corrected chi connectivity index (χ4v) is 2.84. The van der Waals surface area contributed by atoms with E-state index < -0.39 is 0 Å². The molecule has 1 fully saturated rings. The minimum absolute atomic E-state index is 0.0973. The van der Waals surface area contributed by atoms with Gasteiger partial charge in [0, 0.05) is 28.9 Å². The summed E-state index contributed by atoms with van der Waals surface area (Å²) in [6.07, 6.45) is 8.33. The van der Waals surface area contributed by atoms with Crippen LogP contribution in [0.1, 0.15) is 32.6 Å². The molecule has 0 radical (unpaired) electrons. The van der Waals surface area contributed by atoms with Crippen molar-refractivity contribution in [3.63, 3.8) is 0 Å². The molecule has 1 aromatic rings. The van der Waals surface area contributed by atoms with Crippen LogP contribution < -0.4 is 5.32 Å². The van der Waals surface area contributed by atoms with Gasteiger partial charge in [0.2, 0.25) is 0 Å². The third kappa shape index (κ3) is 4.59. The number of aliphatic hydroxyl groups is 1. The smallest absolute Gasteiger partial charge is 0.0610 e. The number of aliphatic hydroxyl groups excluding tert-OH is 1. The molecule has 0 bridgehead atoms. The zero-order chi connectivity index (χ0) is 12.8. The largest absolute Gasteiger partial charge is 0.394 e. The molecule has 0 aromatic carbocycles. The van der Waals surface area contributed by atoms with E-state index in [1.165, 1.54) is 17.7 Å². The van der Waals surface area contributed by atoms with E-state index >= 15 is 0 Å². The van der Waals surface area contributed by atoms with Gasteiger partial charge in [-0.2, -0.15) is 0 Å². The predicted octanol–water partition coefficient (Wildman–Crippen LogP) is 2.46. The van der Waals surface area contributed by atoms with Crippen LogP contribution in [-0.4, -0.2) is 34.0 Å². The first-order chi connectivity index (χ1) is 8.72. The fourth-order valence-electron chi connectivity index (χ4n) is 2.00. The van der Waals surface area contributed by atoms with E-state index in [0.717, 1.165) is 18.6 Å². The van der Waals surface area contributed by atoms with Gasteiger partial charge in [-0.25, -0.2) is 0 Å². The van der Waals surface area contributed by atoms with Crippen molar-refractivity contribution < 1.29 is 5.11 Å². The van der Waals surface area contributed by atoms with E-state index in [2.05, 4.69) is 17.2 Å². The highest BCUT2D eigenvalue weighted by molar-refractivity contribution is 7.99. The zero-order valence-corrected chi connectivity index (χ0v) is 11.7. The molecule has 3 nitrogen and oxygen atoms in total. The molecule has 1 heterocycles. The van der Waals surface area contributed by atoms with Gasteiger partial charge in [0.05, 0.1) is 6.61 Å². The van der Waals surface area contributed by atoms with Crippen molar-refractivity contribution in [2.24, 2.45) is 0 Å². The Hall–Kier alpha value is -0.580. The Morgan fingerprint density at radius 3 is 2.78 bits per heavy atom. The van der Waals surface area contributed by atoms with Crippen molar-refractivity contribution in [3.05, 3.63) is 24.5 Å². The SMILES string of the molecule is CC(CO)(CCCSc1ccncc1)NC1CC1. The molecule has 1 aliphatic rings. The average Bonchev–Trinajstić information content (AvgIpc) is 3.20. The summed E-state index contributed by atoms with van der Waals surface area (Å²) in [5.41, 5.74) is -0.0973. The summed E-state index contributed by atoms with van der Waals surface area (Å²) >= 11 is 1.86. The molecule has 100 valence electrons. The van der Waals surface area contributed by atoms with Crippen LogP contribution in [0.3, 0.4) is 0 Å². The van der Waals surface area contributed by atoms with Crippen molar-refractivity contribution in [1.29, 1.82) is 0 Å². The molecule has 1 unspecified atom stereocenters. The number of nitrogens with one attached hydrogen (secondary N) is 1. The van der Waals surface area contributed by atoms with E-state index in [-0.39, 0.29) is 12.1 Å². The Kier molecular flexibility index (Phi) is 5.03. The molecular weight excluding hydrogens is 244 g/mol. The van der Waals surface area contributed by atoms with Crippen LogP contribution in [0.5, 0.6) is 0 Å². The maximum atomic E-state index is 9.50. The van der Waals surface area contributed by atoms with Crippen molar-refractivity contribution in [3.8, 4) is 0 Å². The zero-order valence-electron chi connectivity index (χ0n) is 10.9. The van der Waals surface area contributed by atoms with E-state index in [0.29, 0.717) is 6.04 Å². The second-order valence-corrected chi connectivity index (χ2v) is 6.44. The average molecular weight is 266 g/mol. The molecule has 0 spiro atoms. The number of pyridine rings is 1. The van der Waals surface area contributed by atoms with E-state index in [4.69, 9.17) is 0 Å². The quantitative estimate of drug-likeness (QED) is 0.560. The van der Waals surface area contributed by atoms with Gasteiger partial charge in [0.1, 0.15) is 0 Å². The van der Waals surface area contributed by atoms with Gasteiger partial charge < -0.3 is 10.4 Å². The Bertz CT molecular complexity index is 356. The molecule has 1 atom stereocenters. The lowest BCUT2D eigenvalue weighted by Gasteiger charge is -2.29. The van der Waals surface area contributed by atoms with E-state index in [9.17, 15) is 5.11 Å². The third-order valence-corrected chi connectivity index (χ3v) is 4.37. The summed E-state index contributed by atoms with van der Waals surface area (Å²) in [5, 5.41) is 13.0. The second-order valence-electron chi connectivity index (χ2n) is 5.27. The number of thioether (sulfide) groups is 1. The number of nitrogens with zero attached hydrogens (tertiary/aromatic N) is 1. The fraction of sp³-hybridized carbons (Fsp3) is 0.643. The monoisotopic (exact) mass is 266 g/mol. The highest BCUT2D eigenvalue weighted by Gasteiger charge is 2.31. The maximum Gasteiger partial charge on any atom is 0.0610 e. The molecule has 0 aliphatic heterocycles. The van der Waals surface area contributed by atoms with Crippen LogP contribution in [0.2, 0.25) is 0 Å². The van der Waals surface area contributed by atoms with Crippen LogP contribution >= 0.6 is 11.8 Å². The first-order valence-electron chi connectivity index (χ1n) is 6.63. The van der Waals surface area contributed by atoms with Gasteiger partial charge in [0.25, 0.3) is 0 Å². The summed E-state index contributed by atoms with van der Waals surface area (Å²) in [7, 11) is 0. The summed E-state index contributed by atoms with van der Waals surface area (Å²) in [6.45, 7) is 2.35.